The maximum Gasteiger partial charge on any atom is 0.162 e. The van der Waals surface area contributed by atoms with Gasteiger partial charge in [0.2, 0.25) is 0 Å². The molecular formula is C10H10ClN3S. The summed E-state index contributed by atoms with van der Waals surface area (Å²) in [6.07, 6.45) is 7.53. The predicted molar refractivity (Wildman–Crippen MR) is 62.2 cm³/mol. The van der Waals surface area contributed by atoms with Crippen molar-refractivity contribution in [3.8, 4) is 6.07 Å². The van der Waals surface area contributed by atoms with Crippen molar-refractivity contribution in [1.82, 2.24) is 4.37 Å². The second-order valence-electron chi connectivity index (χ2n) is 3.42. The van der Waals surface area contributed by atoms with Gasteiger partial charge in [0, 0.05) is 6.04 Å². The summed E-state index contributed by atoms with van der Waals surface area (Å²) in [6.45, 7) is 0. The number of anilines is 1. The smallest absolute Gasteiger partial charge is 0.162 e. The Bertz CT molecular complexity index is 419. The molecule has 15 heavy (non-hydrogen) atoms. The molecule has 0 aliphatic heterocycles. The van der Waals surface area contributed by atoms with Gasteiger partial charge < -0.3 is 5.32 Å². The third-order valence-corrected chi connectivity index (χ3v) is 3.52. The lowest BCUT2D eigenvalue weighted by Crippen LogP contribution is -2.19. The molecule has 2 rings (SSSR count). The average Bonchev–Trinajstić information content (AvgIpc) is 2.61. The molecule has 1 aromatic rings. The van der Waals surface area contributed by atoms with Crippen molar-refractivity contribution in [1.29, 1.82) is 5.26 Å². The lowest BCUT2D eigenvalue weighted by atomic mass is 10.0. The fourth-order valence-corrected chi connectivity index (χ4v) is 2.59. The third-order valence-electron chi connectivity index (χ3n) is 2.37. The molecule has 0 fully saturated rings. The van der Waals surface area contributed by atoms with Gasteiger partial charge in [-0.05, 0) is 30.8 Å². The Morgan fingerprint density at radius 2 is 2.47 bits per heavy atom. The molecule has 1 aliphatic carbocycles. The molecule has 1 heterocycles. The number of rotatable bonds is 2. The molecule has 0 saturated carbocycles. The first-order valence-electron chi connectivity index (χ1n) is 4.78. The van der Waals surface area contributed by atoms with Crippen LogP contribution >= 0.6 is 23.1 Å². The van der Waals surface area contributed by atoms with Gasteiger partial charge in [-0.25, -0.2) is 0 Å². The summed E-state index contributed by atoms with van der Waals surface area (Å²) in [5.41, 5.74) is 0.469. The van der Waals surface area contributed by atoms with Gasteiger partial charge in [-0.3, -0.25) is 0 Å². The molecule has 0 amide bonds. The van der Waals surface area contributed by atoms with Crippen LogP contribution in [0, 0.1) is 11.3 Å². The fraction of sp³-hybridized carbons (Fsp3) is 0.400. The summed E-state index contributed by atoms with van der Waals surface area (Å²) in [7, 11) is 0. The molecule has 1 unspecified atom stereocenters. The number of allylic oxidation sites excluding steroid dienone is 1. The van der Waals surface area contributed by atoms with Crippen LogP contribution in [0.5, 0.6) is 0 Å². The van der Waals surface area contributed by atoms with Gasteiger partial charge in [0.05, 0.1) is 0 Å². The van der Waals surface area contributed by atoms with Crippen molar-refractivity contribution in [3.63, 3.8) is 0 Å². The van der Waals surface area contributed by atoms with Crippen molar-refractivity contribution in [2.75, 3.05) is 5.32 Å². The van der Waals surface area contributed by atoms with Gasteiger partial charge >= 0.3 is 0 Å². The van der Waals surface area contributed by atoms with E-state index in [4.69, 9.17) is 16.9 Å². The van der Waals surface area contributed by atoms with Crippen molar-refractivity contribution in [3.05, 3.63) is 22.9 Å². The third kappa shape index (κ3) is 2.31. The Kier molecular flexibility index (Phi) is 3.24. The molecule has 78 valence electrons. The Hall–Kier alpha value is -1.05. The van der Waals surface area contributed by atoms with Crippen LogP contribution in [-0.2, 0) is 0 Å². The first-order chi connectivity index (χ1) is 7.31. The van der Waals surface area contributed by atoms with Crippen LogP contribution in [0.15, 0.2) is 12.2 Å². The van der Waals surface area contributed by atoms with Gasteiger partial charge in [-0.15, -0.1) is 0 Å². The highest BCUT2D eigenvalue weighted by Crippen LogP contribution is 2.29. The minimum absolute atomic E-state index is 0.302. The summed E-state index contributed by atoms with van der Waals surface area (Å²) < 4.78 is 3.96. The average molecular weight is 240 g/mol. The molecule has 1 aliphatic rings. The molecule has 1 N–H and O–H groups in total. The minimum atomic E-state index is 0.302. The number of hydrogen-bond acceptors (Lipinski definition) is 4. The van der Waals surface area contributed by atoms with E-state index in [0.29, 0.717) is 16.8 Å². The largest absolute Gasteiger partial charge is 0.371 e. The molecule has 1 aromatic heterocycles. The van der Waals surface area contributed by atoms with Crippen molar-refractivity contribution < 1.29 is 0 Å². The molecule has 0 bridgehead atoms. The second-order valence-corrected chi connectivity index (χ2v) is 4.55. The monoisotopic (exact) mass is 239 g/mol. The summed E-state index contributed by atoms with van der Waals surface area (Å²) in [5.74, 6) is 0. The number of halogens is 1. The van der Waals surface area contributed by atoms with Crippen LogP contribution in [0.2, 0.25) is 5.15 Å². The van der Waals surface area contributed by atoms with E-state index in [1.807, 2.05) is 0 Å². The second kappa shape index (κ2) is 4.65. The number of nitrogens with one attached hydrogen (secondary N) is 1. The van der Waals surface area contributed by atoms with Crippen molar-refractivity contribution in [2.45, 2.75) is 25.3 Å². The Morgan fingerprint density at radius 3 is 3.13 bits per heavy atom. The van der Waals surface area contributed by atoms with Gasteiger partial charge in [0.15, 0.2) is 5.15 Å². The van der Waals surface area contributed by atoms with Crippen LogP contribution in [0.25, 0.3) is 0 Å². The first kappa shape index (κ1) is 10.5. The highest BCUT2D eigenvalue weighted by atomic mass is 35.5. The molecular weight excluding hydrogens is 230 g/mol. The van der Waals surface area contributed by atoms with Crippen LogP contribution < -0.4 is 5.32 Å². The summed E-state index contributed by atoms with van der Waals surface area (Å²) in [6, 6.07) is 2.47. The first-order valence-corrected chi connectivity index (χ1v) is 5.93. The summed E-state index contributed by atoms with van der Waals surface area (Å²) in [4.78, 5) is 0. The SMILES string of the molecule is N#Cc1c(Cl)nsc1NC1CC=CCC1. The zero-order chi connectivity index (χ0) is 10.7. The maximum absolute atomic E-state index is 8.90. The molecule has 0 spiro atoms. The highest BCUT2D eigenvalue weighted by molar-refractivity contribution is 7.10. The van der Waals surface area contributed by atoms with E-state index in [9.17, 15) is 0 Å². The van der Waals surface area contributed by atoms with E-state index in [1.165, 1.54) is 11.5 Å². The van der Waals surface area contributed by atoms with Gasteiger partial charge in [0.25, 0.3) is 0 Å². The molecule has 3 nitrogen and oxygen atoms in total. The zero-order valence-electron chi connectivity index (χ0n) is 8.03. The quantitative estimate of drug-likeness (QED) is 0.807. The lowest BCUT2D eigenvalue weighted by Gasteiger charge is -2.19. The minimum Gasteiger partial charge on any atom is -0.371 e. The topological polar surface area (TPSA) is 48.7 Å². The predicted octanol–water partition coefficient (Wildman–Crippen LogP) is 3.19. The number of hydrogen-bond donors (Lipinski definition) is 1. The van der Waals surface area contributed by atoms with Gasteiger partial charge in [-0.1, -0.05) is 23.8 Å². The van der Waals surface area contributed by atoms with E-state index >= 15 is 0 Å². The standard InChI is InChI=1S/C10H10ClN3S/c11-9-8(6-12)10(15-14-9)13-7-4-2-1-3-5-7/h1-2,7,13H,3-5H2. The maximum atomic E-state index is 8.90. The fourth-order valence-electron chi connectivity index (χ4n) is 1.58. The van der Waals surface area contributed by atoms with E-state index in [2.05, 4.69) is 27.9 Å². The molecule has 0 radical (unpaired) electrons. The number of aromatic nitrogens is 1. The van der Waals surface area contributed by atoms with Crippen LogP contribution in [0.4, 0.5) is 5.00 Å². The van der Waals surface area contributed by atoms with Crippen molar-refractivity contribution >= 4 is 28.1 Å². The lowest BCUT2D eigenvalue weighted by molar-refractivity contribution is 0.646. The molecule has 0 aromatic carbocycles. The van der Waals surface area contributed by atoms with Crippen molar-refractivity contribution in [2.24, 2.45) is 0 Å². The van der Waals surface area contributed by atoms with Crippen LogP contribution in [-0.4, -0.2) is 10.4 Å². The highest BCUT2D eigenvalue weighted by Gasteiger charge is 2.16. The van der Waals surface area contributed by atoms with E-state index in [0.717, 1.165) is 24.3 Å². The molecule has 1 atom stereocenters. The Labute approximate surface area is 97.5 Å². The molecule has 0 saturated heterocycles. The summed E-state index contributed by atoms with van der Waals surface area (Å²) in [5, 5.41) is 13.3. The zero-order valence-corrected chi connectivity index (χ0v) is 9.61. The normalized spacial score (nSPS) is 19.9. The Morgan fingerprint density at radius 1 is 1.60 bits per heavy atom. The summed E-state index contributed by atoms with van der Waals surface area (Å²) >= 11 is 7.04. The van der Waals surface area contributed by atoms with Crippen LogP contribution in [0.1, 0.15) is 24.8 Å². The Balaban J connectivity index is 2.10. The van der Waals surface area contributed by atoms with E-state index < -0.39 is 0 Å². The number of nitrogens with zero attached hydrogens (tertiary/aromatic N) is 2. The van der Waals surface area contributed by atoms with E-state index in [-0.39, 0.29) is 0 Å². The van der Waals surface area contributed by atoms with Crippen LogP contribution in [0.3, 0.4) is 0 Å². The van der Waals surface area contributed by atoms with Gasteiger partial charge in [-0.2, -0.15) is 9.64 Å². The number of nitriles is 1. The van der Waals surface area contributed by atoms with E-state index in [1.54, 1.807) is 0 Å². The molecule has 5 heteroatoms. The van der Waals surface area contributed by atoms with Gasteiger partial charge in [0.1, 0.15) is 16.6 Å².